The van der Waals surface area contributed by atoms with Gasteiger partial charge in [-0.05, 0) is 24.6 Å². The zero-order valence-corrected chi connectivity index (χ0v) is 12.5. The minimum atomic E-state index is -1.19. The molecule has 0 radical (unpaired) electrons. The van der Waals surface area contributed by atoms with Crippen LogP contribution in [0.1, 0.15) is 12.0 Å². The zero-order chi connectivity index (χ0) is 15.7. The number of anilines is 1. The van der Waals surface area contributed by atoms with Crippen molar-refractivity contribution in [2.75, 3.05) is 24.7 Å². The summed E-state index contributed by atoms with van der Waals surface area (Å²) < 4.78 is 19.9. The number of ether oxygens (including phenoxy) is 1. The number of nitrogens with zero attached hydrogens (tertiary/aromatic N) is 1. The molecule has 0 saturated carbocycles. The number of fused-ring (bicyclic) bond motifs is 1. The number of amides is 1. The Bertz CT molecular complexity index is 640. The first-order valence-corrected chi connectivity index (χ1v) is 7.86. The van der Waals surface area contributed by atoms with Crippen molar-refractivity contribution in [1.82, 2.24) is 5.32 Å². The maximum absolute atomic E-state index is 14.4. The molecular formula is C14H16FN3O3S. The number of nitrogens with one attached hydrogen (secondary N) is 1. The summed E-state index contributed by atoms with van der Waals surface area (Å²) in [5, 5.41) is 11.4. The van der Waals surface area contributed by atoms with Gasteiger partial charge in [0.1, 0.15) is 11.4 Å². The Morgan fingerprint density at radius 2 is 2.41 bits per heavy atom. The van der Waals surface area contributed by atoms with Crippen LogP contribution < -0.4 is 11.1 Å². The lowest BCUT2D eigenvalue weighted by atomic mass is 9.76. The smallest absolute Gasteiger partial charge is 0.410 e. The van der Waals surface area contributed by atoms with Gasteiger partial charge in [-0.25, -0.2) is 14.2 Å². The first kappa shape index (κ1) is 15.1. The van der Waals surface area contributed by atoms with E-state index in [2.05, 4.69) is 10.3 Å². The number of aliphatic imine (C=N–C) groups is 1. The predicted molar refractivity (Wildman–Crippen MR) is 82.5 cm³/mol. The van der Waals surface area contributed by atoms with Crippen LogP contribution in [0.15, 0.2) is 23.2 Å². The number of halogens is 1. The van der Waals surface area contributed by atoms with Gasteiger partial charge in [-0.15, -0.1) is 0 Å². The fourth-order valence-electron chi connectivity index (χ4n) is 2.94. The Kier molecular flexibility index (Phi) is 3.96. The maximum atomic E-state index is 14.4. The van der Waals surface area contributed by atoms with Crippen LogP contribution >= 0.6 is 11.8 Å². The van der Waals surface area contributed by atoms with Gasteiger partial charge in [-0.2, -0.15) is 0 Å². The lowest BCUT2D eigenvalue weighted by Crippen LogP contribution is -2.49. The molecule has 1 amide bonds. The average Bonchev–Trinajstić information content (AvgIpc) is 2.48. The van der Waals surface area contributed by atoms with Crippen LogP contribution in [0.3, 0.4) is 0 Å². The van der Waals surface area contributed by atoms with Crippen LogP contribution in [0.2, 0.25) is 0 Å². The number of hydrogen-bond acceptors (Lipinski definition) is 5. The molecule has 4 N–H and O–H groups in total. The van der Waals surface area contributed by atoms with Crippen molar-refractivity contribution in [2.24, 2.45) is 10.9 Å². The molecular weight excluding hydrogens is 309 g/mol. The van der Waals surface area contributed by atoms with E-state index < -0.39 is 17.4 Å². The van der Waals surface area contributed by atoms with Crippen molar-refractivity contribution in [1.29, 1.82) is 0 Å². The third kappa shape index (κ3) is 2.64. The number of thioether (sulfide) groups is 1. The molecule has 6 nitrogen and oxygen atoms in total. The highest BCUT2D eigenvalue weighted by atomic mass is 32.2. The number of amidine groups is 1. The first-order valence-electron chi connectivity index (χ1n) is 6.87. The second-order valence-corrected chi connectivity index (χ2v) is 6.37. The van der Waals surface area contributed by atoms with Crippen molar-refractivity contribution in [3.63, 3.8) is 0 Å². The third-order valence-electron chi connectivity index (χ3n) is 4.00. The highest BCUT2D eigenvalue weighted by molar-refractivity contribution is 8.13. The van der Waals surface area contributed by atoms with Crippen LogP contribution in [0.4, 0.5) is 14.9 Å². The average molecular weight is 325 g/mol. The fraction of sp³-hybridized carbons (Fsp3) is 0.429. The summed E-state index contributed by atoms with van der Waals surface area (Å²) in [4.78, 5) is 15.4. The topological polar surface area (TPSA) is 96.9 Å². The molecule has 1 aromatic rings. The van der Waals surface area contributed by atoms with Gasteiger partial charge in [-0.3, -0.25) is 5.32 Å². The van der Waals surface area contributed by atoms with Crippen LogP contribution in [0.5, 0.6) is 0 Å². The molecule has 3 rings (SSSR count). The van der Waals surface area contributed by atoms with Gasteiger partial charge in [-0.1, -0.05) is 11.8 Å². The van der Waals surface area contributed by atoms with Crippen molar-refractivity contribution in [2.45, 2.75) is 12.0 Å². The van der Waals surface area contributed by atoms with E-state index in [-0.39, 0.29) is 17.7 Å². The molecule has 0 unspecified atom stereocenters. The number of nitrogens with two attached hydrogens (primary N) is 1. The van der Waals surface area contributed by atoms with E-state index in [0.29, 0.717) is 23.6 Å². The Morgan fingerprint density at radius 1 is 1.59 bits per heavy atom. The van der Waals surface area contributed by atoms with Crippen molar-refractivity contribution < 1.29 is 19.0 Å². The molecule has 2 aliphatic rings. The molecule has 0 aliphatic carbocycles. The van der Waals surface area contributed by atoms with Crippen molar-refractivity contribution in [3.05, 3.63) is 29.6 Å². The molecule has 2 heterocycles. The van der Waals surface area contributed by atoms with E-state index in [9.17, 15) is 9.18 Å². The van der Waals surface area contributed by atoms with Gasteiger partial charge in [0.25, 0.3) is 0 Å². The second kappa shape index (κ2) is 5.77. The first-order chi connectivity index (χ1) is 10.5. The van der Waals surface area contributed by atoms with Crippen LogP contribution in [-0.2, 0) is 10.3 Å². The molecule has 1 aromatic carbocycles. The maximum Gasteiger partial charge on any atom is 0.410 e. The fourth-order valence-corrected chi connectivity index (χ4v) is 4.12. The molecule has 22 heavy (non-hydrogen) atoms. The molecule has 0 aromatic heterocycles. The molecule has 118 valence electrons. The zero-order valence-electron chi connectivity index (χ0n) is 11.7. The van der Waals surface area contributed by atoms with Gasteiger partial charge in [0.2, 0.25) is 0 Å². The SMILES string of the molecule is Nc1ccc(F)c([C@]23COCC[C@H]2CSC(NC(=O)O)=N3)c1. The van der Waals surface area contributed by atoms with E-state index in [4.69, 9.17) is 15.6 Å². The largest absolute Gasteiger partial charge is 0.465 e. The molecule has 1 saturated heterocycles. The van der Waals surface area contributed by atoms with E-state index in [1.54, 1.807) is 6.07 Å². The number of benzene rings is 1. The van der Waals surface area contributed by atoms with Gasteiger partial charge < -0.3 is 15.6 Å². The Labute approximate surface area is 130 Å². The number of nitrogen functional groups attached to an aromatic ring is 1. The number of rotatable bonds is 1. The summed E-state index contributed by atoms with van der Waals surface area (Å²) in [5.74, 6) is 0.313. The third-order valence-corrected chi connectivity index (χ3v) is 5.04. The second-order valence-electron chi connectivity index (χ2n) is 5.36. The summed E-state index contributed by atoms with van der Waals surface area (Å²) in [7, 11) is 0. The Hall–Kier alpha value is -1.80. The lowest BCUT2D eigenvalue weighted by molar-refractivity contribution is 0.00293. The summed E-state index contributed by atoms with van der Waals surface area (Å²) in [6.45, 7) is 0.803. The molecule has 0 spiro atoms. The summed E-state index contributed by atoms with van der Waals surface area (Å²) in [6.07, 6.45) is -0.449. The number of hydrogen-bond donors (Lipinski definition) is 3. The van der Waals surface area contributed by atoms with Gasteiger partial charge in [0.15, 0.2) is 5.17 Å². The summed E-state index contributed by atoms with van der Waals surface area (Å²) >= 11 is 1.33. The number of carbonyl (C=O) groups is 1. The molecule has 1 fully saturated rings. The molecule has 2 atom stereocenters. The highest BCUT2D eigenvalue weighted by Crippen LogP contribution is 2.45. The minimum absolute atomic E-state index is 0.0712. The molecule has 8 heteroatoms. The van der Waals surface area contributed by atoms with E-state index >= 15 is 0 Å². The van der Waals surface area contributed by atoms with Crippen molar-refractivity contribution >= 4 is 28.7 Å². The van der Waals surface area contributed by atoms with Crippen LogP contribution in [0.25, 0.3) is 0 Å². The van der Waals surface area contributed by atoms with Crippen LogP contribution in [0, 0.1) is 11.7 Å². The van der Waals surface area contributed by atoms with Gasteiger partial charge in [0, 0.05) is 29.5 Å². The summed E-state index contributed by atoms with van der Waals surface area (Å²) in [6, 6.07) is 4.37. The molecule has 2 aliphatic heterocycles. The predicted octanol–water partition coefficient (Wildman–Crippen LogP) is 2.01. The Balaban J connectivity index is 2.10. The number of carboxylic acid groups (broad SMARTS) is 1. The lowest BCUT2D eigenvalue weighted by Gasteiger charge is -2.44. The van der Waals surface area contributed by atoms with Gasteiger partial charge >= 0.3 is 6.09 Å². The standard InChI is InChI=1S/C14H16FN3O3S/c15-11-2-1-9(16)5-10(11)14-7-21-4-3-8(14)6-22-12(18-14)17-13(19)20/h1-2,5,8H,3-4,6-7,16H2,(H,17,18)(H,19,20)/t8-,14-/m0/s1. The highest BCUT2D eigenvalue weighted by Gasteiger charge is 2.47. The monoisotopic (exact) mass is 325 g/mol. The van der Waals surface area contributed by atoms with E-state index in [1.165, 1.54) is 23.9 Å². The quantitative estimate of drug-likeness (QED) is 0.686. The van der Waals surface area contributed by atoms with Crippen molar-refractivity contribution in [3.8, 4) is 0 Å². The normalized spacial score (nSPS) is 27.7. The van der Waals surface area contributed by atoms with E-state index in [1.807, 2.05) is 0 Å². The minimum Gasteiger partial charge on any atom is -0.465 e. The molecule has 0 bridgehead atoms. The van der Waals surface area contributed by atoms with E-state index in [0.717, 1.165) is 6.42 Å². The van der Waals surface area contributed by atoms with Gasteiger partial charge in [0.05, 0.1) is 6.61 Å². The summed E-state index contributed by atoms with van der Waals surface area (Å²) in [5.41, 5.74) is 5.67. The van der Waals surface area contributed by atoms with Crippen LogP contribution in [-0.4, -0.2) is 35.3 Å². The Morgan fingerprint density at radius 3 is 3.18 bits per heavy atom.